The predicted octanol–water partition coefficient (Wildman–Crippen LogP) is 4.70. The van der Waals surface area contributed by atoms with E-state index >= 15 is 0 Å². The van der Waals surface area contributed by atoms with Gasteiger partial charge in [0, 0.05) is 22.1 Å². The number of nitrogens with zero attached hydrogens (tertiary/aromatic N) is 1. The highest BCUT2D eigenvalue weighted by Gasteiger charge is 2.49. The molecule has 4 nitrogen and oxygen atoms in total. The third-order valence-electron chi connectivity index (χ3n) is 4.88. The number of benzene rings is 2. The lowest BCUT2D eigenvalue weighted by Crippen LogP contribution is -2.65. The quantitative estimate of drug-likeness (QED) is 0.714. The van der Waals surface area contributed by atoms with Gasteiger partial charge in [-0.15, -0.1) is 0 Å². The van der Waals surface area contributed by atoms with Crippen molar-refractivity contribution in [3.8, 4) is 11.5 Å². The minimum Gasteiger partial charge on any atom is -0.493 e. The van der Waals surface area contributed by atoms with Crippen molar-refractivity contribution in [3.63, 3.8) is 0 Å². The molecule has 2 heterocycles. The van der Waals surface area contributed by atoms with Gasteiger partial charge in [0.2, 0.25) is 0 Å². The van der Waals surface area contributed by atoms with Gasteiger partial charge in [-0.2, -0.15) is 0 Å². The number of nitrogens with one attached hydrogen (secondary N) is 1. The molecule has 6 heteroatoms. The van der Waals surface area contributed by atoms with Gasteiger partial charge in [0.15, 0.2) is 22.3 Å². The molecular weight excluding hydrogens is 400 g/mol. The van der Waals surface area contributed by atoms with E-state index in [0.29, 0.717) is 5.11 Å². The van der Waals surface area contributed by atoms with Gasteiger partial charge in [0.1, 0.15) is 0 Å². The minimum absolute atomic E-state index is 0.115. The Hall–Kier alpha value is -1.79. The topological polar surface area (TPSA) is 33.7 Å². The number of methoxy groups -OCH3 is 1. The number of halogens is 1. The van der Waals surface area contributed by atoms with Crippen molar-refractivity contribution >= 4 is 38.9 Å². The molecule has 2 aromatic carbocycles. The molecule has 0 radical (unpaired) electrons. The van der Waals surface area contributed by atoms with Crippen LogP contribution in [0, 0.1) is 6.92 Å². The summed E-state index contributed by atoms with van der Waals surface area (Å²) in [7, 11) is 1.67. The first kappa shape index (κ1) is 16.7. The number of rotatable bonds is 2. The first-order valence-corrected chi connectivity index (χ1v) is 9.36. The van der Waals surface area contributed by atoms with Crippen LogP contribution in [0.4, 0.5) is 5.69 Å². The van der Waals surface area contributed by atoms with Crippen LogP contribution >= 0.6 is 28.1 Å². The average Bonchev–Trinajstić information content (AvgIpc) is 2.57. The van der Waals surface area contributed by atoms with Crippen molar-refractivity contribution in [2.75, 3.05) is 12.0 Å². The molecule has 0 unspecified atom stereocenters. The molecule has 0 saturated carbocycles. The zero-order valence-electron chi connectivity index (χ0n) is 14.3. The minimum atomic E-state index is -0.575. The first-order valence-electron chi connectivity index (χ1n) is 8.16. The van der Waals surface area contributed by atoms with Crippen molar-refractivity contribution < 1.29 is 9.47 Å². The summed E-state index contributed by atoms with van der Waals surface area (Å²) in [5.41, 5.74) is 2.68. The second-order valence-electron chi connectivity index (χ2n) is 6.63. The number of aryl methyl sites for hydroxylation is 1. The highest BCUT2D eigenvalue weighted by molar-refractivity contribution is 9.10. The third-order valence-corrected chi connectivity index (χ3v) is 6.07. The van der Waals surface area contributed by atoms with E-state index < -0.39 is 5.72 Å². The summed E-state index contributed by atoms with van der Waals surface area (Å²) in [4.78, 5) is 2.06. The van der Waals surface area contributed by atoms with E-state index in [1.807, 2.05) is 18.2 Å². The Labute approximate surface area is 161 Å². The van der Waals surface area contributed by atoms with Crippen LogP contribution in [0.5, 0.6) is 11.5 Å². The monoisotopic (exact) mass is 418 g/mol. The van der Waals surface area contributed by atoms with E-state index in [2.05, 4.69) is 58.2 Å². The molecule has 0 aliphatic carbocycles. The van der Waals surface area contributed by atoms with E-state index in [9.17, 15) is 0 Å². The Balaban J connectivity index is 1.82. The molecule has 130 valence electrons. The fourth-order valence-corrected chi connectivity index (χ4v) is 4.37. The number of fused-ring (bicyclic) bond motifs is 4. The molecule has 0 aromatic heterocycles. The van der Waals surface area contributed by atoms with Crippen LogP contribution < -0.4 is 19.7 Å². The lowest BCUT2D eigenvalue weighted by Gasteiger charge is -2.52. The van der Waals surface area contributed by atoms with Crippen LogP contribution in [-0.4, -0.2) is 17.9 Å². The van der Waals surface area contributed by atoms with Gasteiger partial charge in [-0.25, -0.2) is 0 Å². The Kier molecular flexibility index (Phi) is 3.92. The molecular formula is C19H19BrN2O2S. The van der Waals surface area contributed by atoms with E-state index in [4.69, 9.17) is 21.7 Å². The summed E-state index contributed by atoms with van der Waals surface area (Å²) in [5.74, 6) is 1.53. The molecule has 25 heavy (non-hydrogen) atoms. The van der Waals surface area contributed by atoms with Crippen molar-refractivity contribution in [1.82, 2.24) is 5.32 Å². The number of anilines is 1. The number of thiocarbonyl (C=S) groups is 1. The summed E-state index contributed by atoms with van der Waals surface area (Å²) in [6.07, 6.45) is 0.794. The molecule has 2 aromatic rings. The Bertz CT molecular complexity index is 872. The second-order valence-corrected chi connectivity index (χ2v) is 7.87. The fourth-order valence-electron chi connectivity index (χ4n) is 3.68. The van der Waals surface area contributed by atoms with Crippen molar-refractivity contribution in [2.45, 2.75) is 32.0 Å². The van der Waals surface area contributed by atoms with Gasteiger partial charge < -0.3 is 14.8 Å². The molecule has 4 rings (SSSR count). The molecule has 2 bridgehead atoms. The Morgan fingerprint density at radius 3 is 2.88 bits per heavy atom. The lowest BCUT2D eigenvalue weighted by atomic mass is 9.90. The van der Waals surface area contributed by atoms with Gasteiger partial charge in [0.25, 0.3) is 0 Å². The van der Waals surface area contributed by atoms with Crippen LogP contribution in [0.15, 0.2) is 40.9 Å². The third kappa shape index (κ3) is 2.59. The molecule has 1 fully saturated rings. The van der Waals surface area contributed by atoms with Crippen LogP contribution in [0.3, 0.4) is 0 Å². The van der Waals surface area contributed by atoms with E-state index in [1.165, 1.54) is 0 Å². The normalized spacial score (nSPS) is 24.2. The van der Waals surface area contributed by atoms with E-state index in [-0.39, 0.29) is 6.04 Å². The van der Waals surface area contributed by atoms with Gasteiger partial charge in [0.05, 0.1) is 13.2 Å². The molecule has 2 aliphatic heterocycles. The standard InChI is InChI=1S/C19H19BrN2O2S/c1-11-9-12(7-8-14(11)20)22-18(25)21-15-10-19(22,2)24-17-13(15)5-4-6-16(17)23-3/h4-9,15H,10H2,1-3H3,(H,21,25)/t15-,19+/m1/s1. The van der Waals surface area contributed by atoms with E-state index in [0.717, 1.165) is 39.2 Å². The first-order chi connectivity index (χ1) is 11.9. The molecule has 2 atom stereocenters. The summed E-state index contributed by atoms with van der Waals surface area (Å²) in [5, 5.41) is 4.15. The molecule has 1 saturated heterocycles. The molecule has 2 aliphatic rings. The Morgan fingerprint density at radius 2 is 2.16 bits per heavy atom. The number of ether oxygens (including phenoxy) is 2. The van der Waals surface area contributed by atoms with Gasteiger partial charge in [-0.3, -0.25) is 4.90 Å². The number of para-hydroxylation sites is 1. The smallest absolute Gasteiger partial charge is 0.188 e. The maximum absolute atomic E-state index is 6.48. The van der Waals surface area contributed by atoms with Gasteiger partial charge >= 0.3 is 0 Å². The predicted molar refractivity (Wildman–Crippen MR) is 106 cm³/mol. The number of hydrogen-bond acceptors (Lipinski definition) is 3. The lowest BCUT2D eigenvalue weighted by molar-refractivity contribution is 0.0464. The highest BCUT2D eigenvalue weighted by Crippen LogP contribution is 2.49. The maximum atomic E-state index is 6.48. The average molecular weight is 419 g/mol. The van der Waals surface area contributed by atoms with Gasteiger partial charge in [-0.1, -0.05) is 28.1 Å². The Morgan fingerprint density at radius 1 is 1.36 bits per heavy atom. The molecule has 1 N–H and O–H groups in total. The van der Waals surface area contributed by atoms with E-state index in [1.54, 1.807) is 7.11 Å². The van der Waals surface area contributed by atoms with Crippen LogP contribution in [0.1, 0.15) is 30.5 Å². The van der Waals surface area contributed by atoms with Crippen molar-refractivity contribution in [1.29, 1.82) is 0 Å². The fraction of sp³-hybridized carbons (Fsp3) is 0.316. The van der Waals surface area contributed by atoms with Gasteiger partial charge in [-0.05, 0) is 55.9 Å². The van der Waals surface area contributed by atoms with Crippen molar-refractivity contribution in [2.24, 2.45) is 0 Å². The highest BCUT2D eigenvalue weighted by atomic mass is 79.9. The summed E-state index contributed by atoms with van der Waals surface area (Å²) >= 11 is 9.25. The van der Waals surface area contributed by atoms with Crippen LogP contribution in [0.25, 0.3) is 0 Å². The summed E-state index contributed by atoms with van der Waals surface area (Å²) in [6, 6.07) is 12.3. The van der Waals surface area contributed by atoms with Crippen LogP contribution in [-0.2, 0) is 0 Å². The SMILES string of the molecule is COc1cccc2c1O[C@@]1(C)C[C@H]2NC(=S)N1c1ccc(Br)c(C)c1. The number of hydrogen-bond donors (Lipinski definition) is 1. The summed E-state index contributed by atoms with van der Waals surface area (Å²) in [6.45, 7) is 4.15. The maximum Gasteiger partial charge on any atom is 0.188 e. The second kappa shape index (κ2) is 5.88. The van der Waals surface area contributed by atoms with Crippen molar-refractivity contribution in [3.05, 3.63) is 52.0 Å². The largest absolute Gasteiger partial charge is 0.493 e. The summed E-state index contributed by atoms with van der Waals surface area (Å²) < 4.78 is 13.1. The zero-order valence-corrected chi connectivity index (χ0v) is 16.7. The molecule has 0 spiro atoms. The van der Waals surface area contributed by atoms with Crippen LogP contribution in [0.2, 0.25) is 0 Å². The zero-order chi connectivity index (χ0) is 17.8. The molecule has 0 amide bonds.